The molecule has 1 aliphatic rings. The van der Waals surface area contributed by atoms with Gasteiger partial charge in [-0.3, -0.25) is 4.99 Å². The molecule has 0 aromatic heterocycles. The quantitative estimate of drug-likeness (QED) is 0.664. The van der Waals surface area contributed by atoms with E-state index in [1.165, 1.54) is 19.3 Å². The van der Waals surface area contributed by atoms with Gasteiger partial charge in [0.2, 0.25) is 0 Å². The molecule has 130 valence electrons. The van der Waals surface area contributed by atoms with Gasteiger partial charge in [0, 0.05) is 31.9 Å². The molecule has 1 saturated carbocycles. The molecule has 0 aliphatic heterocycles. The summed E-state index contributed by atoms with van der Waals surface area (Å²) in [5.74, 6) is 0. The summed E-state index contributed by atoms with van der Waals surface area (Å²) in [6, 6.07) is 5.48. The second-order valence-electron chi connectivity index (χ2n) is 6.10. The monoisotopic (exact) mass is 367 g/mol. The minimum atomic E-state index is -0.0527. The lowest BCUT2D eigenvalue weighted by Crippen LogP contribution is -2.43. The zero-order valence-electron chi connectivity index (χ0n) is 14.1. The lowest BCUT2D eigenvalue weighted by atomic mass is 9.95. The number of rotatable bonds is 4. The average molecular weight is 368 g/mol. The molecule has 2 amide bonds. The number of urea groups is 1. The van der Waals surface area contributed by atoms with Gasteiger partial charge >= 0.3 is 6.03 Å². The fourth-order valence-electron chi connectivity index (χ4n) is 2.97. The van der Waals surface area contributed by atoms with E-state index in [1.54, 1.807) is 36.3 Å². The second kappa shape index (κ2) is 8.54. The molecule has 0 bridgehead atoms. The summed E-state index contributed by atoms with van der Waals surface area (Å²) in [7, 11) is 3.59. The molecule has 0 N–H and O–H groups in total. The summed E-state index contributed by atoms with van der Waals surface area (Å²) in [6.07, 6.45) is 7.44. The number of carbonyl (C=O) groups is 1. The van der Waals surface area contributed by atoms with Crippen molar-refractivity contribution in [2.75, 3.05) is 14.1 Å². The zero-order valence-corrected chi connectivity index (χ0v) is 15.6. The average Bonchev–Trinajstić information content (AvgIpc) is 2.61. The molecule has 0 spiro atoms. The minimum absolute atomic E-state index is 0.0527. The van der Waals surface area contributed by atoms with Crippen molar-refractivity contribution in [3.05, 3.63) is 40.0 Å². The Morgan fingerprint density at radius 1 is 1.21 bits per heavy atom. The highest BCUT2D eigenvalue weighted by Gasteiger charge is 2.24. The molecule has 1 fully saturated rings. The standard InChI is InChI=1S/C18H23Cl2N3O/c1-21-17(13-9-10-15(19)16(20)11-13)12-22(2)18(24)23(3)14-7-5-4-6-8-14/h9-12,14H,1,4-8H2,2-3H3. The summed E-state index contributed by atoms with van der Waals surface area (Å²) >= 11 is 12.0. The third-order valence-corrected chi connectivity index (χ3v) is 5.17. The first kappa shape index (κ1) is 18.8. The van der Waals surface area contributed by atoms with Crippen LogP contribution in [0.25, 0.3) is 5.70 Å². The molecular weight excluding hydrogens is 345 g/mol. The summed E-state index contributed by atoms with van der Waals surface area (Å²) in [4.78, 5) is 20.0. The number of aliphatic imine (C=N–C) groups is 1. The van der Waals surface area contributed by atoms with Gasteiger partial charge in [-0.1, -0.05) is 48.5 Å². The van der Waals surface area contributed by atoms with Crippen LogP contribution in [0.2, 0.25) is 10.0 Å². The van der Waals surface area contributed by atoms with Gasteiger partial charge in [-0.25, -0.2) is 4.79 Å². The van der Waals surface area contributed by atoms with Crippen molar-refractivity contribution in [3.63, 3.8) is 0 Å². The van der Waals surface area contributed by atoms with E-state index in [-0.39, 0.29) is 6.03 Å². The van der Waals surface area contributed by atoms with E-state index in [4.69, 9.17) is 23.2 Å². The van der Waals surface area contributed by atoms with E-state index < -0.39 is 0 Å². The third kappa shape index (κ3) is 4.52. The van der Waals surface area contributed by atoms with Crippen molar-refractivity contribution in [2.24, 2.45) is 4.99 Å². The summed E-state index contributed by atoms with van der Waals surface area (Å²) in [6.45, 7) is 3.59. The topological polar surface area (TPSA) is 35.9 Å². The molecule has 6 heteroatoms. The van der Waals surface area contributed by atoms with Crippen LogP contribution in [0, 0.1) is 0 Å². The molecule has 4 nitrogen and oxygen atoms in total. The van der Waals surface area contributed by atoms with Gasteiger partial charge in [-0.15, -0.1) is 0 Å². The van der Waals surface area contributed by atoms with Crippen LogP contribution in [0.3, 0.4) is 0 Å². The maximum Gasteiger partial charge on any atom is 0.323 e. The first-order chi connectivity index (χ1) is 11.4. The second-order valence-corrected chi connectivity index (χ2v) is 6.91. The van der Waals surface area contributed by atoms with Crippen LogP contribution in [0.4, 0.5) is 4.79 Å². The van der Waals surface area contributed by atoms with E-state index in [9.17, 15) is 4.79 Å². The van der Waals surface area contributed by atoms with Gasteiger partial charge in [-0.05, 0) is 31.7 Å². The van der Waals surface area contributed by atoms with Crippen LogP contribution in [-0.4, -0.2) is 42.7 Å². The zero-order chi connectivity index (χ0) is 17.7. The summed E-state index contributed by atoms with van der Waals surface area (Å²) in [5, 5.41) is 0.919. The van der Waals surface area contributed by atoms with Crippen molar-refractivity contribution in [1.29, 1.82) is 0 Å². The van der Waals surface area contributed by atoms with Crippen LogP contribution in [-0.2, 0) is 0 Å². The van der Waals surface area contributed by atoms with E-state index in [0.717, 1.165) is 18.4 Å². The summed E-state index contributed by atoms with van der Waals surface area (Å²) < 4.78 is 0. The van der Waals surface area contributed by atoms with Crippen LogP contribution in [0.5, 0.6) is 0 Å². The lowest BCUT2D eigenvalue weighted by molar-refractivity contribution is 0.154. The molecule has 0 saturated heterocycles. The van der Waals surface area contributed by atoms with Crippen molar-refractivity contribution in [2.45, 2.75) is 38.1 Å². The molecule has 1 aliphatic carbocycles. The highest BCUT2D eigenvalue weighted by molar-refractivity contribution is 6.42. The van der Waals surface area contributed by atoms with Gasteiger partial charge in [0.15, 0.2) is 0 Å². The Hall–Kier alpha value is -1.52. The number of halogens is 2. The molecule has 1 aromatic carbocycles. The Labute approximate surface area is 153 Å². The third-order valence-electron chi connectivity index (χ3n) is 4.43. The molecule has 1 aromatic rings. The number of carbonyl (C=O) groups excluding carboxylic acids is 1. The largest absolute Gasteiger partial charge is 0.324 e. The molecule has 2 rings (SSSR count). The van der Waals surface area contributed by atoms with Gasteiger partial charge in [0.05, 0.1) is 15.7 Å². The highest BCUT2D eigenvalue weighted by atomic mass is 35.5. The molecule has 0 radical (unpaired) electrons. The molecule has 24 heavy (non-hydrogen) atoms. The Bertz CT molecular complexity index is 639. The van der Waals surface area contributed by atoms with E-state index in [0.29, 0.717) is 21.8 Å². The van der Waals surface area contributed by atoms with Gasteiger partial charge < -0.3 is 9.80 Å². The number of hydrogen-bond acceptors (Lipinski definition) is 2. The Kier molecular flexibility index (Phi) is 6.69. The van der Waals surface area contributed by atoms with Gasteiger partial charge in [0.1, 0.15) is 0 Å². The first-order valence-electron chi connectivity index (χ1n) is 8.07. The molecule has 0 atom stereocenters. The fraction of sp³-hybridized carbons (Fsp3) is 0.444. The number of nitrogens with zero attached hydrogens (tertiary/aromatic N) is 3. The van der Waals surface area contributed by atoms with E-state index in [2.05, 4.69) is 11.7 Å². The maximum absolute atomic E-state index is 12.6. The van der Waals surface area contributed by atoms with Crippen LogP contribution in [0.15, 0.2) is 29.4 Å². The predicted molar refractivity (Wildman–Crippen MR) is 102 cm³/mol. The van der Waals surface area contributed by atoms with Crippen molar-refractivity contribution in [3.8, 4) is 0 Å². The van der Waals surface area contributed by atoms with Gasteiger partial charge in [-0.2, -0.15) is 0 Å². The Morgan fingerprint density at radius 2 is 1.88 bits per heavy atom. The number of benzene rings is 1. The number of hydrogen-bond donors (Lipinski definition) is 0. The Morgan fingerprint density at radius 3 is 2.46 bits per heavy atom. The van der Waals surface area contributed by atoms with Crippen LogP contribution in [0.1, 0.15) is 37.7 Å². The van der Waals surface area contributed by atoms with Crippen LogP contribution >= 0.6 is 23.2 Å². The van der Waals surface area contributed by atoms with Crippen molar-refractivity contribution in [1.82, 2.24) is 9.80 Å². The van der Waals surface area contributed by atoms with E-state index in [1.807, 2.05) is 11.9 Å². The summed E-state index contributed by atoms with van der Waals surface area (Å²) in [5.41, 5.74) is 1.33. The first-order valence-corrected chi connectivity index (χ1v) is 8.83. The van der Waals surface area contributed by atoms with E-state index >= 15 is 0 Å². The lowest BCUT2D eigenvalue weighted by Gasteiger charge is -2.33. The smallest absolute Gasteiger partial charge is 0.323 e. The normalized spacial score (nSPS) is 15.9. The highest BCUT2D eigenvalue weighted by Crippen LogP contribution is 2.27. The van der Waals surface area contributed by atoms with Crippen molar-refractivity contribution < 1.29 is 4.79 Å². The maximum atomic E-state index is 12.6. The fourth-order valence-corrected chi connectivity index (χ4v) is 3.27. The Balaban J connectivity index is 2.15. The molecular formula is C18H23Cl2N3O. The van der Waals surface area contributed by atoms with Crippen LogP contribution < -0.4 is 0 Å². The SMILES string of the molecule is C=NC(=CN(C)C(=O)N(C)C1CCCCC1)c1ccc(Cl)c(Cl)c1. The van der Waals surface area contributed by atoms with Crippen molar-refractivity contribution >= 4 is 41.6 Å². The van der Waals surface area contributed by atoms with Gasteiger partial charge in [0.25, 0.3) is 0 Å². The number of amides is 2. The molecule has 0 unspecified atom stereocenters. The minimum Gasteiger partial charge on any atom is -0.324 e. The predicted octanol–water partition coefficient (Wildman–Crippen LogP) is 5.31. The molecule has 0 heterocycles.